The van der Waals surface area contributed by atoms with E-state index in [1.807, 2.05) is 0 Å². The molecule has 1 rings (SSSR count). The molecule has 0 amide bonds. The first kappa shape index (κ1) is 23.7. The van der Waals surface area contributed by atoms with E-state index in [0.29, 0.717) is 6.42 Å². The van der Waals surface area contributed by atoms with Crippen molar-refractivity contribution in [2.45, 2.75) is 74.3 Å². The van der Waals surface area contributed by atoms with Crippen LogP contribution in [-0.2, 0) is 25.5 Å². The van der Waals surface area contributed by atoms with Gasteiger partial charge in [-0.15, -0.1) is 0 Å². The zero-order chi connectivity index (χ0) is 21.7. The second-order valence-corrected chi connectivity index (χ2v) is 9.10. The molecular weight excluding hydrogens is 360 g/mol. The molecule has 0 aromatic heterocycles. The van der Waals surface area contributed by atoms with Gasteiger partial charge in [-0.2, -0.15) is 0 Å². The van der Waals surface area contributed by atoms with Crippen LogP contribution < -0.4 is 9.47 Å². The first-order chi connectivity index (χ1) is 12.7. The molecule has 156 valence electrons. The smallest absolute Gasteiger partial charge is 0.316 e. The summed E-state index contributed by atoms with van der Waals surface area (Å²) in [5, 5.41) is 0. The minimum Gasteiger partial charge on any atom is -0.463 e. The monoisotopic (exact) mass is 392 g/mol. The molecule has 28 heavy (non-hydrogen) atoms. The lowest BCUT2D eigenvalue weighted by Crippen LogP contribution is -2.28. The molecule has 0 bridgehead atoms. The lowest BCUT2D eigenvalue weighted by molar-refractivity contribution is -0.147. The molecule has 0 aliphatic heterocycles. The van der Waals surface area contributed by atoms with Crippen LogP contribution in [0.5, 0.6) is 11.5 Å². The van der Waals surface area contributed by atoms with Crippen LogP contribution in [-0.4, -0.2) is 24.0 Å². The second-order valence-electron chi connectivity index (χ2n) is 9.10. The lowest BCUT2D eigenvalue weighted by atomic mass is 9.97. The predicted molar refractivity (Wildman–Crippen MR) is 106 cm³/mol. The molecule has 0 radical (unpaired) electrons. The van der Waals surface area contributed by atoms with Crippen molar-refractivity contribution in [1.82, 2.24) is 0 Å². The van der Waals surface area contributed by atoms with E-state index in [-0.39, 0.29) is 30.0 Å². The molecule has 0 N–H and O–H groups in total. The number of carbonyl (C=O) groups excluding carboxylic acids is 3. The van der Waals surface area contributed by atoms with Crippen LogP contribution in [0, 0.1) is 10.8 Å². The van der Waals surface area contributed by atoms with Crippen LogP contribution in [0.15, 0.2) is 18.2 Å². The first-order valence-electron chi connectivity index (χ1n) is 9.47. The van der Waals surface area contributed by atoms with Crippen molar-refractivity contribution >= 4 is 17.9 Å². The molecule has 0 spiro atoms. The van der Waals surface area contributed by atoms with Gasteiger partial charge in [-0.1, -0.05) is 6.07 Å². The van der Waals surface area contributed by atoms with Crippen molar-refractivity contribution in [3.05, 3.63) is 23.8 Å². The molecule has 0 fully saturated rings. The molecule has 1 aromatic carbocycles. The fraction of sp³-hybridized carbons (Fsp3) is 0.591. The van der Waals surface area contributed by atoms with Gasteiger partial charge in [0, 0.05) is 6.42 Å². The molecule has 0 saturated heterocycles. The quantitative estimate of drug-likeness (QED) is 0.525. The van der Waals surface area contributed by atoms with Crippen molar-refractivity contribution in [3.8, 4) is 11.5 Å². The number of carbonyl (C=O) groups is 3. The summed E-state index contributed by atoms with van der Waals surface area (Å²) >= 11 is 0. The lowest BCUT2D eigenvalue weighted by Gasteiger charge is -2.20. The summed E-state index contributed by atoms with van der Waals surface area (Å²) in [6.07, 6.45) is 0.445. The van der Waals surface area contributed by atoms with Crippen molar-refractivity contribution in [3.63, 3.8) is 0 Å². The van der Waals surface area contributed by atoms with Gasteiger partial charge in [0.15, 0.2) is 11.5 Å². The Morgan fingerprint density at radius 2 is 1.36 bits per heavy atom. The second kappa shape index (κ2) is 9.22. The van der Waals surface area contributed by atoms with Crippen LogP contribution >= 0.6 is 0 Å². The molecule has 0 heterocycles. The summed E-state index contributed by atoms with van der Waals surface area (Å²) in [6.45, 7) is 14.0. The zero-order valence-electron chi connectivity index (χ0n) is 18.2. The standard InChI is InChI=1S/C22H32O6/c1-14(2)26-18(23)12-10-15-9-11-16(27-19(24)21(3,4)5)17(13-15)28-20(25)22(6,7)8/h9,11,13-14H,10,12H2,1-8H3. The van der Waals surface area contributed by atoms with Gasteiger partial charge in [0.05, 0.1) is 16.9 Å². The maximum Gasteiger partial charge on any atom is 0.316 e. The van der Waals surface area contributed by atoms with Gasteiger partial charge in [0.2, 0.25) is 0 Å². The van der Waals surface area contributed by atoms with Gasteiger partial charge in [0.25, 0.3) is 0 Å². The fourth-order valence-electron chi connectivity index (χ4n) is 1.95. The Kier molecular flexibility index (Phi) is 7.79. The van der Waals surface area contributed by atoms with E-state index in [1.165, 1.54) is 0 Å². The predicted octanol–water partition coefficient (Wildman–Crippen LogP) is 4.47. The summed E-state index contributed by atoms with van der Waals surface area (Å²) in [4.78, 5) is 36.3. The van der Waals surface area contributed by atoms with Gasteiger partial charge in [0.1, 0.15) is 0 Å². The normalized spacial score (nSPS) is 11.9. The average Bonchev–Trinajstić information content (AvgIpc) is 2.52. The Bertz CT molecular complexity index is 720. The molecule has 0 unspecified atom stereocenters. The van der Waals surface area contributed by atoms with E-state index in [4.69, 9.17) is 14.2 Å². The van der Waals surface area contributed by atoms with E-state index in [1.54, 1.807) is 73.6 Å². The van der Waals surface area contributed by atoms with Gasteiger partial charge < -0.3 is 14.2 Å². The molecule has 1 aromatic rings. The van der Waals surface area contributed by atoms with Crippen LogP contribution in [0.25, 0.3) is 0 Å². The number of ether oxygens (including phenoxy) is 3. The van der Waals surface area contributed by atoms with Gasteiger partial charge >= 0.3 is 17.9 Å². The molecule has 0 aliphatic rings. The van der Waals surface area contributed by atoms with E-state index in [0.717, 1.165) is 5.56 Å². The van der Waals surface area contributed by atoms with Crippen LogP contribution in [0.3, 0.4) is 0 Å². The van der Waals surface area contributed by atoms with Gasteiger partial charge in [-0.3, -0.25) is 14.4 Å². The van der Waals surface area contributed by atoms with E-state index < -0.39 is 22.8 Å². The van der Waals surface area contributed by atoms with E-state index >= 15 is 0 Å². The largest absolute Gasteiger partial charge is 0.463 e. The maximum absolute atomic E-state index is 12.3. The van der Waals surface area contributed by atoms with E-state index in [9.17, 15) is 14.4 Å². The Labute approximate surface area is 167 Å². The number of esters is 3. The summed E-state index contributed by atoms with van der Waals surface area (Å²) in [5.41, 5.74) is -0.652. The third-order valence-electron chi connectivity index (χ3n) is 3.62. The van der Waals surface area contributed by atoms with Crippen molar-refractivity contribution in [2.75, 3.05) is 0 Å². The highest BCUT2D eigenvalue weighted by Gasteiger charge is 2.28. The number of rotatable bonds is 6. The molecule has 0 saturated carbocycles. The van der Waals surface area contributed by atoms with E-state index in [2.05, 4.69) is 0 Å². The summed E-state index contributed by atoms with van der Waals surface area (Å²) in [6, 6.07) is 4.94. The SMILES string of the molecule is CC(C)OC(=O)CCc1ccc(OC(=O)C(C)(C)C)c(OC(=O)C(C)(C)C)c1. The minimum absolute atomic E-state index is 0.159. The highest BCUT2D eigenvalue weighted by molar-refractivity contribution is 5.81. The summed E-state index contributed by atoms with van der Waals surface area (Å²) < 4.78 is 16.1. The molecule has 0 aliphatic carbocycles. The first-order valence-corrected chi connectivity index (χ1v) is 9.47. The van der Waals surface area contributed by atoms with Crippen molar-refractivity contribution < 1.29 is 28.6 Å². The number of hydrogen-bond donors (Lipinski definition) is 0. The Morgan fingerprint density at radius 3 is 1.82 bits per heavy atom. The van der Waals surface area contributed by atoms with Gasteiger partial charge in [-0.25, -0.2) is 0 Å². The molecule has 6 nitrogen and oxygen atoms in total. The number of aryl methyl sites for hydroxylation is 1. The van der Waals surface area contributed by atoms with Crippen LogP contribution in [0.1, 0.15) is 67.4 Å². The van der Waals surface area contributed by atoms with Crippen LogP contribution in [0.2, 0.25) is 0 Å². The molecular formula is C22H32O6. The molecule has 6 heteroatoms. The summed E-state index contributed by atoms with van der Waals surface area (Å²) in [5.74, 6) is -0.851. The number of benzene rings is 1. The topological polar surface area (TPSA) is 78.9 Å². The minimum atomic E-state index is -0.720. The Hall–Kier alpha value is -2.37. The van der Waals surface area contributed by atoms with Gasteiger partial charge in [-0.05, 0) is 79.5 Å². The third-order valence-corrected chi connectivity index (χ3v) is 3.62. The molecule has 0 atom stereocenters. The fourth-order valence-corrected chi connectivity index (χ4v) is 1.95. The third kappa shape index (κ3) is 7.71. The highest BCUT2D eigenvalue weighted by Crippen LogP contribution is 2.33. The Balaban J connectivity index is 3.07. The Morgan fingerprint density at radius 1 is 0.857 bits per heavy atom. The van der Waals surface area contributed by atoms with Crippen molar-refractivity contribution in [1.29, 1.82) is 0 Å². The number of hydrogen-bond acceptors (Lipinski definition) is 6. The van der Waals surface area contributed by atoms with Crippen LogP contribution in [0.4, 0.5) is 0 Å². The average molecular weight is 392 g/mol. The summed E-state index contributed by atoms with van der Waals surface area (Å²) in [7, 11) is 0. The highest BCUT2D eigenvalue weighted by atomic mass is 16.6. The van der Waals surface area contributed by atoms with Crippen molar-refractivity contribution in [2.24, 2.45) is 10.8 Å². The maximum atomic E-state index is 12.3. The zero-order valence-corrected chi connectivity index (χ0v) is 18.2.